The van der Waals surface area contributed by atoms with Gasteiger partial charge in [0.05, 0.1) is 11.5 Å². The van der Waals surface area contributed by atoms with Crippen molar-refractivity contribution >= 4 is 5.69 Å². The quantitative estimate of drug-likeness (QED) is 0.877. The third-order valence-corrected chi connectivity index (χ3v) is 2.36. The maximum Gasteiger partial charge on any atom is 0.152 e. The van der Waals surface area contributed by atoms with Crippen LogP contribution in [0.1, 0.15) is 20.3 Å². The molecule has 0 aliphatic rings. The van der Waals surface area contributed by atoms with Crippen LogP contribution in [-0.4, -0.2) is 6.54 Å². The highest BCUT2D eigenvalue weighted by Gasteiger charge is 2.17. The average Bonchev–Trinajstić information content (AvgIpc) is 2.22. The minimum atomic E-state index is -0.975. The first-order chi connectivity index (χ1) is 7.85. The molecule has 0 unspecified atom stereocenters. The molecule has 0 atom stereocenters. The summed E-state index contributed by atoms with van der Waals surface area (Å²) in [4.78, 5) is 0. The molecule has 1 aromatic carbocycles. The molecule has 0 spiro atoms. The van der Waals surface area contributed by atoms with Gasteiger partial charge in [0.2, 0.25) is 0 Å². The number of anilines is 1. The van der Waals surface area contributed by atoms with E-state index in [2.05, 4.69) is 11.4 Å². The Bertz CT molecular complexity index is 427. The van der Waals surface area contributed by atoms with E-state index < -0.39 is 22.9 Å². The summed E-state index contributed by atoms with van der Waals surface area (Å²) in [6.07, 6.45) is 0.430. The lowest BCUT2D eigenvalue weighted by Crippen LogP contribution is -2.15. The summed E-state index contributed by atoms with van der Waals surface area (Å²) in [5.41, 5.74) is -0.930. The fourth-order valence-corrected chi connectivity index (χ4v) is 1.27. The Hall–Kier alpha value is -1.70. The lowest BCUT2D eigenvalue weighted by atomic mass is 9.91. The number of nitrogens with one attached hydrogen (secondary N) is 1. The molecule has 0 fully saturated rings. The van der Waals surface area contributed by atoms with E-state index >= 15 is 0 Å². The van der Waals surface area contributed by atoms with Crippen LogP contribution < -0.4 is 5.32 Å². The highest BCUT2D eigenvalue weighted by atomic mass is 19.1. The maximum absolute atomic E-state index is 13.2. The zero-order valence-electron chi connectivity index (χ0n) is 9.65. The second kappa shape index (κ2) is 5.09. The van der Waals surface area contributed by atoms with Crippen molar-refractivity contribution in [2.24, 2.45) is 5.41 Å². The SMILES string of the molecule is CC(C)(C#N)CCNc1c(F)cc(F)cc1F. The standard InChI is InChI=1S/C12H13F3N2/c1-12(2,7-16)3-4-17-11-9(14)5-8(13)6-10(11)15/h5-6,17H,3-4H2,1-2H3. The molecule has 0 aromatic heterocycles. The molecule has 1 N–H and O–H groups in total. The molecule has 0 amide bonds. The van der Waals surface area contributed by atoms with Gasteiger partial charge in [-0.15, -0.1) is 0 Å². The van der Waals surface area contributed by atoms with Crippen LogP contribution in [0.4, 0.5) is 18.9 Å². The molecule has 17 heavy (non-hydrogen) atoms. The highest BCUT2D eigenvalue weighted by molar-refractivity contribution is 5.46. The molecule has 0 aliphatic carbocycles. The molecule has 0 bridgehead atoms. The molecule has 0 heterocycles. The minimum Gasteiger partial charge on any atom is -0.380 e. The lowest BCUT2D eigenvalue weighted by molar-refractivity contribution is 0.464. The first-order valence-corrected chi connectivity index (χ1v) is 5.15. The van der Waals surface area contributed by atoms with E-state index in [0.29, 0.717) is 18.6 Å². The number of nitriles is 1. The van der Waals surface area contributed by atoms with Crippen LogP contribution in [0.2, 0.25) is 0 Å². The van der Waals surface area contributed by atoms with Crippen molar-refractivity contribution < 1.29 is 13.2 Å². The van der Waals surface area contributed by atoms with Crippen molar-refractivity contribution in [2.45, 2.75) is 20.3 Å². The highest BCUT2D eigenvalue weighted by Crippen LogP contribution is 2.22. The number of hydrogen-bond donors (Lipinski definition) is 1. The van der Waals surface area contributed by atoms with Crippen molar-refractivity contribution in [2.75, 3.05) is 11.9 Å². The van der Waals surface area contributed by atoms with E-state index in [1.54, 1.807) is 13.8 Å². The fraction of sp³-hybridized carbons (Fsp3) is 0.417. The van der Waals surface area contributed by atoms with Crippen molar-refractivity contribution in [3.05, 3.63) is 29.6 Å². The molecule has 0 aliphatic heterocycles. The topological polar surface area (TPSA) is 35.8 Å². The monoisotopic (exact) mass is 242 g/mol. The molecule has 0 saturated heterocycles. The van der Waals surface area contributed by atoms with E-state index in [4.69, 9.17) is 5.26 Å². The lowest BCUT2D eigenvalue weighted by Gasteiger charge is -2.16. The number of benzene rings is 1. The Labute approximate surface area is 98.1 Å². The Kier molecular flexibility index (Phi) is 4.00. The van der Waals surface area contributed by atoms with Gasteiger partial charge in [0, 0.05) is 18.7 Å². The van der Waals surface area contributed by atoms with Crippen LogP contribution in [0.15, 0.2) is 12.1 Å². The smallest absolute Gasteiger partial charge is 0.152 e. The van der Waals surface area contributed by atoms with Crippen LogP contribution in [0, 0.1) is 34.2 Å². The molecular formula is C12H13F3N2. The van der Waals surface area contributed by atoms with Crippen LogP contribution in [-0.2, 0) is 0 Å². The van der Waals surface area contributed by atoms with E-state index in [9.17, 15) is 13.2 Å². The van der Waals surface area contributed by atoms with Crippen LogP contribution in [0.5, 0.6) is 0 Å². The minimum absolute atomic E-state index is 0.236. The Morgan fingerprint density at radius 2 is 1.76 bits per heavy atom. The molecular weight excluding hydrogens is 229 g/mol. The normalized spacial score (nSPS) is 11.1. The first-order valence-electron chi connectivity index (χ1n) is 5.15. The predicted molar refractivity (Wildman–Crippen MR) is 58.8 cm³/mol. The largest absolute Gasteiger partial charge is 0.380 e. The van der Waals surface area contributed by atoms with Gasteiger partial charge < -0.3 is 5.32 Å². The van der Waals surface area contributed by atoms with Gasteiger partial charge in [-0.05, 0) is 20.3 Å². The van der Waals surface area contributed by atoms with Gasteiger partial charge in [-0.3, -0.25) is 0 Å². The molecule has 92 valence electrons. The molecule has 1 aromatic rings. The molecule has 2 nitrogen and oxygen atoms in total. The van der Waals surface area contributed by atoms with Crippen LogP contribution in [0.25, 0.3) is 0 Å². The number of hydrogen-bond acceptors (Lipinski definition) is 2. The predicted octanol–water partition coefficient (Wildman–Crippen LogP) is 3.46. The van der Waals surface area contributed by atoms with Gasteiger partial charge in [-0.25, -0.2) is 13.2 Å². The van der Waals surface area contributed by atoms with E-state index in [1.807, 2.05) is 0 Å². The van der Waals surface area contributed by atoms with Crippen LogP contribution >= 0.6 is 0 Å². The summed E-state index contributed by atoms with van der Waals surface area (Å²) in [7, 11) is 0. The van der Waals surface area contributed by atoms with Crippen molar-refractivity contribution in [1.82, 2.24) is 0 Å². The summed E-state index contributed by atoms with van der Waals surface area (Å²) < 4.78 is 39.0. The second-order valence-electron chi connectivity index (χ2n) is 4.42. The fourth-order valence-electron chi connectivity index (χ4n) is 1.27. The molecule has 0 radical (unpaired) electrons. The second-order valence-corrected chi connectivity index (χ2v) is 4.42. The van der Waals surface area contributed by atoms with E-state index in [0.717, 1.165) is 0 Å². The Balaban J connectivity index is 2.68. The van der Waals surface area contributed by atoms with Gasteiger partial charge in [0.15, 0.2) is 11.6 Å². The van der Waals surface area contributed by atoms with Gasteiger partial charge in [-0.2, -0.15) is 5.26 Å². The third-order valence-electron chi connectivity index (χ3n) is 2.36. The molecule has 0 saturated carbocycles. The van der Waals surface area contributed by atoms with Gasteiger partial charge in [0.1, 0.15) is 11.5 Å². The number of rotatable bonds is 4. The van der Waals surface area contributed by atoms with E-state index in [-0.39, 0.29) is 12.2 Å². The third kappa shape index (κ3) is 3.66. The van der Waals surface area contributed by atoms with E-state index in [1.165, 1.54) is 0 Å². The maximum atomic E-state index is 13.2. The first kappa shape index (κ1) is 13.4. The average molecular weight is 242 g/mol. The van der Waals surface area contributed by atoms with Gasteiger partial charge >= 0.3 is 0 Å². The molecule has 1 rings (SSSR count). The summed E-state index contributed by atoms with van der Waals surface area (Å²) in [6.45, 7) is 3.69. The summed E-state index contributed by atoms with van der Waals surface area (Å²) in [5.74, 6) is -2.91. The zero-order chi connectivity index (χ0) is 13.1. The number of halogens is 3. The summed E-state index contributed by atoms with van der Waals surface area (Å²) in [5, 5.41) is 11.3. The van der Waals surface area contributed by atoms with Gasteiger partial charge in [-0.1, -0.05) is 0 Å². The Morgan fingerprint density at radius 3 is 2.24 bits per heavy atom. The van der Waals surface area contributed by atoms with Crippen molar-refractivity contribution in [1.29, 1.82) is 5.26 Å². The Morgan fingerprint density at radius 1 is 1.24 bits per heavy atom. The zero-order valence-corrected chi connectivity index (χ0v) is 9.65. The van der Waals surface area contributed by atoms with Crippen molar-refractivity contribution in [3.63, 3.8) is 0 Å². The summed E-state index contributed by atoms with van der Waals surface area (Å²) >= 11 is 0. The van der Waals surface area contributed by atoms with Gasteiger partial charge in [0.25, 0.3) is 0 Å². The molecule has 5 heteroatoms. The number of nitrogens with zero attached hydrogens (tertiary/aromatic N) is 1. The van der Waals surface area contributed by atoms with Crippen LogP contribution in [0.3, 0.4) is 0 Å². The summed E-state index contributed by atoms with van der Waals surface area (Å²) in [6, 6.07) is 3.30. The van der Waals surface area contributed by atoms with Crippen molar-refractivity contribution in [3.8, 4) is 6.07 Å².